The number of nitrogens with zero attached hydrogens (tertiary/aromatic N) is 3. The molecule has 1 aliphatic heterocycles. The van der Waals surface area contributed by atoms with Gasteiger partial charge in [0.1, 0.15) is 0 Å². The van der Waals surface area contributed by atoms with Crippen LogP contribution < -0.4 is 15.5 Å². The zero-order valence-corrected chi connectivity index (χ0v) is 21.0. The Morgan fingerprint density at radius 3 is 2.52 bits per heavy atom. The normalized spacial score (nSPS) is 14.5. The van der Waals surface area contributed by atoms with Crippen molar-refractivity contribution in [3.63, 3.8) is 0 Å². The highest BCUT2D eigenvalue weighted by molar-refractivity contribution is 6.42. The molecule has 1 heterocycles. The van der Waals surface area contributed by atoms with Crippen molar-refractivity contribution < 1.29 is 9.59 Å². The number of hydrogen-bond donors (Lipinski definition) is 2. The van der Waals surface area contributed by atoms with Gasteiger partial charge in [0.25, 0.3) is 0 Å². The van der Waals surface area contributed by atoms with Gasteiger partial charge in [0.2, 0.25) is 0 Å². The van der Waals surface area contributed by atoms with Gasteiger partial charge in [-0.05, 0) is 55.9 Å². The summed E-state index contributed by atoms with van der Waals surface area (Å²) in [6, 6.07) is 12.5. The molecule has 1 saturated heterocycles. The van der Waals surface area contributed by atoms with Gasteiger partial charge in [-0.15, -0.1) is 0 Å². The molecule has 0 bridgehead atoms. The van der Waals surface area contributed by atoms with E-state index in [0.29, 0.717) is 47.8 Å². The molecule has 1 aliphatic rings. The predicted octanol–water partition coefficient (Wildman–Crippen LogP) is 5.14. The first-order valence-corrected chi connectivity index (χ1v) is 11.7. The van der Waals surface area contributed by atoms with E-state index in [1.54, 1.807) is 21.9 Å². The van der Waals surface area contributed by atoms with Crippen LogP contribution in [0.2, 0.25) is 10.0 Å². The van der Waals surface area contributed by atoms with Crippen molar-refractivity contribution in [1.29, 1.82) is 0 Å². The van der Waals surface area contributed by atoms with E-state index in [9.17, 15) is 9.59 Å². The highest BCUT2D eigenvalue weighted by atomic mass is 35.5. The van der Waals surface area contributed by atoms with Crippen molar-refractivity contribution in [1.82, 2.24) is 15.1 Å². The fourth-order valence-corrected chi connectivity index (χ4v) is 4.27. The van der Waals surface area contributed by atoms with E-state index < -0.39 is 0 Å². The van der Waals surface area contributed by atoms with Crippen LogP contribution in [0.3, 0.4) is 0 Å². The van der Waals surface area contributed by atoms with E-state index in [2.05, 4.69) is 29.4 Å². The molecule has 9 heteroatoms. The number of rotatable bonds is 8. The second kappa shape index (κ2) is 11.1. The van der Waals surface area contributed by atoms with E-state index in [0.717, 1.165) is 11.3 Å². The Morgan fingerprint density at radius 2 is 1.91 bits per heavy atom. The van der Waals surface area contributed by atoms with E-state index in [1.807, 2.05) is 44.4 Å². The summed E-state index contributed by atoms with van der Waals surface area (Å²) < 4.78 is 0. The molecule has 7 nitrogen and oxygen atoms in total. The monoisotopic (exact) mass is 491 g/mol. The minimum absolute atomic E-state index is 0.134. The molecule has 2 N–H and O–H groups in total. The van der Waals surface area contributed by atoms with Crippen LogP contribution in [0.1, 0.15) is 19.4 Å². The zero-order chi connectivity index (χ0) is 24.1. The molecule has 0 aliphatic carbocycles. The molecule has 3 rings (SSSR count). The Balaban J connectivity index is 1.82. The summed E-state index contributed by atoms with van der Waals surface area (Å²) in [6.45, 7) is 6.40. The standard InChI is InChI=1S/C24H31Cl2N5O2/c1-16(2)22(29(3)4)15-30(14-17-8-9-20(25)21(26)12-17)24(33)28-18-6-5-7-19(13-18)31-11-10-27-23(31)32/h5-9,12-13,16,22H,10-11,14-15H2,1-4H3,(H,27,32)(H,28,33). The number of carbonyl (C=O) groups is 2. The number of carbonyl (C=O) groups excluding carboxylic acids is 2. The number of hydrogen-bond acceptors (Lipinski definition) is 3. The minimum Gasteiger partial charge on any atom is -0.336 e. The molecule has 4 amide bonds. The molecule has 0 radical (unpaired) electrons. The number of nitrogens with one attached hydrogen (secondary N) is 2. The van der Waals surface area contributed by atoms with Crippen LogP contribution in [0.5, 0.6) is 0 Å². The Hall–Kier alpha value is -2.48. The fraction of sp³-hybridized carbons (Fsp3) is 0.417. The summed E-state index contributed by atoms with van der Waals surface area (Å²) in [5.41, 5.74) is 2.26. The quantitative estimate of drug-likeness (QED) is 0.536. The molecule has 1 fully saturated rings. The summed E-state index contributed by atoms with van der Waals surface area (Å²) >= 11 is 12.3. The third-order valence-electron chi connectivity index (χ3n) is 5.75. The summed E-state index contributed by atoms with van der Waals surface area (Å²) in [5, 5.41) is 6.73. The number of anilines is 2. The topological polar surface area (TPSA) is 67.9 Å². The van der Waals surface area contributed by atoms with Crippen LogP contribution in [0.25, 0.3) is 0 Å². The molecular weight excluding hydrogens is 461 g/mol. The molecule has 1 atom stereocenters. The van der Waals surface area contributed by atoms with E-state index in [-0.39, 0.29) is 18.1 Å². The number of amides is 4. The lowest BCUT2D eigenvalue weighted by atomic mass is 10.0. The van der Waals surface area contributed by atoms with Gasteiger partial charge in [-0.25, -0.2) is 9.59 Å². The third-order valence-corrected chi connectivity index (χ3v) is 6.49. The van der Waals surface area contributed by atoms with Gasteiger partial charge in [-0.2, -0.15) is 0 Å². The average Bonchev–Trinajstić information content (AvgIpc) is 3.19. The molecule has 0 spiro atoms. The SMILES string of the molecule is CC(C)C(CN(Cc1ccc(Cl)c(Cl)c1)C(=O)Nc1cccc(N2CCNC2=O)c1)N(C)C. The first-order chi connectivity index (χ1) is 15.7. The Kier molecular flexibility index (Phi) is 8.46. The first kappa shape index (κ1) is 25.1. The Morgan fingerprint density at radius 1 is 1.15 bits per heavy atom. The van der Waals surface area contributed by atoms with Gasteiger partial charge in [0.05, 0.1) is 10.0 Å². The largest absolute Gasteiger partial charge is 0.336 e. The Labute approximate surface area is 205 Å². The zero-order valence-electron chi connectivity index (χ0n) is 19.4. The molecule has 1 unspecified atom stereocenters. The lowest BCUT2D eigenvalue weighted by molar-refractivity contribution is 0.155. The van der Waals surface area contributed by atoms with E-state index in [1.165, 1.54) is 0 Å². The van der Waals surface area contributed by atoms with Crippen LogP contribution in [-0.2, 0) is 6.54 Å². The molecule has 0 aromatic heterocycles. The summed E-state index contributed by atoms with van der Waals surface area (Å²) in [6.07, 6.45) is 0. The molecule has 2 aromatic carbocycles. The fourth-order valence-electron chi connectivity index (χ4n) is 3.95. The smallest absolute Gasteiger partial charge is 0.322 e. The van der Waals surface area contributed by atoms with Crippen molar-refractivity contribution in [2.75, 3.05) is 43.9 Å². The number of halogens is 2. The molecule has 33 heavy (non-hydrogen) atoms. The van der Waals surface area contributed by atoms with Crippen LogP contribution in [0.4, 0.5) is 21.0 Å². The maximum Gasteiger partial charge on any atom is 0.322 e. The number of likely N-dealkylation sites (N-methyl/N-ethyl adjacent to an activating group) is 1. The van der Waals surface area contributed by atoms with Gasteiger partial charge in [-0.1, -0.05) is 49.2 Å². The highest BCUT2D eigenvalue weighted by Gasteiger charge is 2.25. The van der Waals surface area contributed by atoms with Crippen LogP contribution in [0.15, 0.2) is 42.5 Å². The maximum atomic E-state index is 13.4. The van der Waals surface area contributed by atoms with Gasteiger partial charge < -0.3 is 20.4 Å². The molecular formula is C24H31Cl2N5O2. The summed E-state index contributed by atoms with van der Waals surface area (Å²) in [7, 11) is 4.04. The van der Waals surface area contributed by atoms with Crippen molar-refractivity contribution in [3.05, 3.63) is 58.1 Å². The van der Waals surface area contributed by atoms with Crippen molar-refractivity contribution in [2.45, 2.75) is 26.4 Å². The lowest BCUT2D eigenvalue weighted by Crippen LogP contribution is -2.46. The van der Waals surface area contributed by atoms with Crippen molar-refractivity contribution in [2.24, 2.45) is 5.92 Å². The van der Waals surface area contributed by atoms with Crippen molar-refractivity contribution in [3.8, 4) is 0 Å². The van der Waals surface area contributed by atoms with E-state index >= 15 is 0 Å². The molecule has 178 valence electrons. The lowest BCUT2D eigenvalue weighted by Gasteiger charge is -2.34. The van der Waals surface area contributed by atoms with Gasteiger partial charge in [-0.3, -0.25) is 4.90 Å². The molecule has 2 aromatic rings. The first-order valence-electron chi connectivity index (χ1n) is 11.0. The minimum atomic E-state index is -0.225. The van der Waals surface area contributed by atoms with Gasteiger partial charge >= 0.3 is 12.1 Å². The van der Waals surface area contributed by atoms with Gasteiger partial charge in [0.15, 0.2) is 0 Å². The number of benzene rings is 2. The third kappa shape index (κ3) is 6.53. The van der Waals surface area contributed by atoms with Gasteiger partial charge in [0, 0.05) is 43.6 Å². The predicted molar refractivity (Wildman–Crippen MR) is 135 cm³/mol. The number of urea groups is 2. The van der Waals surface area contributed by atoms with Crippen LogP contribution >= 0.6 is 23.2 Å². The second-order valence-corrected chi connectivity index (χ2v) is 9.58. The van der Waals surface area contributed by atoms with Crippen LogP contribution in [0, 0.1) is 5.92 Å². The van der Waals surface area contributed by atoms with E-state index in [4.69, 9.17) is 23.2 Å². The summed E-state index contributed by atoms with van der Waals surface area (Å²) in [4.78, 5) is 31.0. The second-order valence-electron chi connectivity index (χ2n) is 8.77. The molecule has 0 saturated carbocycles. The summed E-state index contributed by atoms with van der Waals surface area (Å²) in [5.74, 6) is 0.348. The average molecular weight is 492 g/mol. The Bertz CT molecular complexity index is 991. The van der Waals surface area contributed by atoms with Crippen LogP contribution in [-0.4, -0.2) is 61.6 Å². The maximum absolute atomic E-state index is 13.4. The highest BCUT2D eigenvalue weighted by Crippen LogP contribution is 2.25. The van der Waals surface area contributed by atoms with Crippen molar-refractivity contribution >= 4 is 46.6 Å².